The van der Waals surface area contributed by atoms with Gasteiger partial charge in [-0.2, -0.15) is 5.10 Å². The van der Waals surface area contributed by atoms with Gasteiger partial charge >= 0.3 is 0 Å². The van der Waals surface area contributed by atoms with Crippen molar-refractivity contribution in [1.82, 2.24) is 14.7 Å². The van der Waals surface area contributed by atoms with E-state index in [-0.39, 0.29) is 5.56 Å². The second-order valence-electron chi connectivity index (χ2n) is 6.32. The third-order valence-corrected chi connectivity index (χ3v) is 4.40. The van der Waals surface area contributed by atoms with Gasteiger partial charge in [0.1, 0.15) is 11.6 Å². The van der Waals surface area contributed by atoms with Gasteiger partial charge in [-0.05, 0) is 49.1 Å². The van der Waals surface area contributed by atoms with Crippen molar-refractivity contribution in [3.63, 3.8) is 0 Å². The zero-order chi connectivity index (χ0) is 16.4. The average molecular weight is 321 g/mol. The van der Waals surface area contributed by atoms with Gasteiger partial charge in [-0.1, -0.05) is 0 Å². The first-order chi connectivity index (χ1) is 11.0. The summed E-state index contributed by atoms with van der Waals surface area (Å²) in [6, 6.07) is 3.19. The smallest absolute Gasteiger partial charge is 0.129 e. The van der Waals surface area contributed by atoms with E-state index < -0.39 is 17.7 Å². The lowest BCUT2D eigenvalue weighted by Crippen LogP contribution is -2.27. The fourth-order valence-electron chi connectivity index (χ4n) is 3.27. The predicted octanol–water partition coefficient (Wildman–Crippen LogP) is 2.30. The Morgan fingerprint density at radius 1 is 1.39 bits per heavy atom. The average Bonchev–Trinajstić information content (AvgIpc) is 3.11. The van der Waals surface area contributed by atoms with Crippen LogP contribution in [-0.4, -0.2) is 39.4 Å². The van der Waals surface area contributed by atoms with Gasteiger partial charge in [0.05, 0.1) is 12.3 Å². The fraction of sp³-hybridized carbons (Fsp3) is 0.471. The highest BCUT2D eigenvalue weighted by molar-refractivity contribution is 5.21. The molecule has 4 nitrogen and oxygen atoms in total. The molecule has 2 atom stereocenters. The largest absolute Gasteiger partial charge is 0.387 e. The predicted molar refractivity (Wildman–Crippen MR) is 82.8 cm³/mol. The third kappa shape index (κ3) is 3.95. The first kappa shape index (κ1) is 16.1. The number of hydrogen-bond donors (Lipinski definition) is 1. The zero-order valence-corrected chi connectivity index (χ0v) is 13.1. The van der Waals surface area contributed by atoms with Gasteiger partial charge in [0.25, 0.3) is 0 Å². The summed E-state index contributed by atoms with van der Waals surface area (Å²) in [7, 11) is 1.90. The lowest BCUT2D eigenvalue weighted by molar-refractivity contribution is 0.120. The van der Waals surface area contributed by atoms with E-state index in [9.17, 15) is 13.9 Å². The number of rotatable bonds is 5. The highest BCUT2D eigenvalue weighted by Crippen LogP contribution is 2.25. The van der Waals surface area contributed by atoms with Crippen molar-refractivity contribution in [3.8, 4) is 0 Å². The fourth-order valence-corrected chi connectivity index (χ4v) is 3.27. The molecule has 2 heterocycles. The number of hydrogen-bond acceptors (Lipinski definition) is 3. The third-order valence-electron chi connectivity index (χ3n) is 4.40. The van der Waals surface area contributed by atoms with Crippen molar-refractivity contribution >= 4 is 0 Å². The Morgan fingerprint density at radius 3 is 2.96 bits per heavy atom. The van der Waals surface area contributed by atoms with Crippen molar-refractivity contribution in [2.45, 2.75) is 18.9 Å². The van der Waals surface area contributed by atoms with Gasteiger partial charge in [0.2, 0.25) is 0 Å². The molecule has 0 amide bonds. The normalized spacial score (nSPS) is 20.1. The molecule has 1 aromatic carbocycles. The van der Waals surface area contributed by atoms with Gasteiger partial charge in [-0.25, -0.2) is 8.78 Å². The second-order valence-corrected chi connectivity index (χ2v) is 6.32. The maximum absolute atomic E-state index is 13.7. The molecule has 6 heteroatoms. The minimum absolute atomic E-state index is 0.0284. The van der Waals surface area contributed by atoms with Crippen LogP contribution in [0.25, 0.3) is 0 Å². The first-order valence-electron chi connectivity index (χ1n) is 7.84. The summed E-state index contributed by atoms with van der Waals surface area (Å²) in [5.74, 6) is -0.593. The minimum atomic E-state index is -1.01. The van der Waals surface area contributed by atoms with E-state index >= 15 is 0 Å². The van der Waals surface area contributed by atoms with Crippen LogP contribution in [0.4, 0.5) is 8.78 Å². The van der Waals surface area contributed by atoms with E-state index in [1.54, 1.807) is 4.68 Å². The van der Waals surface area contributed by atoms with Crippen LogP contribution in [0.2, 0.25) is 0 Å². The molecule has 3 rings (SSSR count). The molecule has 124 valence electrons. The molecule has 0 spiro atoms. The molecular formula is C17H21F2N3O. The Labute approximate surface area is 134 Å². The van der Waals surface area contributed by atoms with Crippen LogP contribution in [0.1, 0.15) is 23.7 Å². The Balaban J connectivity index is 1.56. The Morgan fingerprint density at radius 2 is 2.22 bits per heavy atom. The van der Waals surface area contributed by atoms with E-state index in [1.807, 2.05) is 19.4 Å². The molecule has 1 saturated heterocycles. The summed E-state index contributed by atoms with van der Waals surface area (Å²) in [6.07, 6.45) is 4.87. The van der Waals surface area contributed by atoms with E-state index in [0.717, 1.165) is 44.1 Å². The van der Waals surface area contributed by atoms with Gasteiger partial charge in [0.15, 0.2) is 0 Å². The summed E-state index contributed by atoms with van der Waals surface area (Å²) < 4.78 is 28.7. The standard InChI is InChI=1S/C17H21F2N3O/c1-21-9-13(8-20-21)6-12-4-5-22(10-12)11-17(23)15-7-14(18)2-3-16(15)19/h2-3,7-9,12,17,23H,4-6,10-11H2,1H3. The monoisotopic (exact) mass is 321 g/mol. The van der Waals surface area contributed by atoms with E-state index in [4.69, 9.17) is 0 Å². The molecule has 1 fully saturated rings. The number of β-amino-alcohol motifs (C(OH)–C–C–N with tert-alkyl or cyclic N) is 1. The van der Waals surface area contributed by atoms with E-state index in [0.29, 0.717) is 12.5 Å². The summed E-state index contributed by atoms with van der Waals surface area (Å²) in [5, 5.41) is 14.4. The topological polar surface area (TPSA) is 41.3 Å². The number of nitrogens with zero attached hydrogens (tertiary/aromatic N) is 3. The Hall–Kier alpha value is -1.79. The summed E-state index contributed by atoms with van der Waals surface area (Å²) in [5.41, 5.74) is 1.23. The molecule has 1 N–H and O–H groups in total. The number of benzene rings is 1. The van der Waals surface area contributed by atoms with Crippen molar-refractivity contribution in [2.24, 2.45) is 13.0 Å². The quantitative estimate of drug-likeness (QED) is 0.919. The maximum Gasteiger partial charge on any atom is 0.129 e. The van der Waals surface area contributed by atoms with Gasteiger partial charge in [-0.15, -0.1) is 0 Å². The SMILES string of the molecule is Cn1cc(CC2CCN(CC(O)c3cc(F)ccc3F)C2)cn1. The van der Waals surface area contributed by atoms with Crippen LogP contribution in [-0.2, 0) is 13.5 Å². The first-order valence-corrected chi connectivity index (χ1v) is 7.84. The number of aliphatic hydroxyl groups is 1. The van der Waals surface area contributed by atoms with Crippen molar-refractivity contribution in [1.29, 1.82) is 0 Å². The Bertz CT molecular complexity index is 674. The maximum atomic E-state index is 13.7. The zero-order valence-electron chi connectivity index (χ0n) is 13.1. The van der Waals surface area contributed by atoms with Gasteiger partial charge in [0, 0.05) is 31.9 Å². The number of likely N-dealkylation sites (tertiary alicyclic amines) is 1. The number of halogens is 2. The van der Waals surface area contributed by atoms with E-state index in [1.165, 1.54) is 5.56 Å². The van der Waals surface area contributed by atoms with Gasteiger partial charge < -0.3 is 10.0 Å². The van der Waals surface area contributed by atoms with Crippen LogP contribution < -0.4 is 0 Å². The van der Waals surface area contributed by atoms with Crippen LogP contribution in [0, 0.1) is 17.6 Å². The minimum Gasteiger partial charge on any atom is -0.387 e. The second kappa shape index (κ2) is 6.76. The molecule has 1 aliphatic rings. The van der Waals surface area contributed by atoms with Crippen LogP contribution in [0.3, 0.4) is 0 Å². The molecule has 0 aliphatic carbocycles. The molecule has 2 aromatic rings. The number of aliphatic hydroxyl groups excluding tert-OH is 1. The van der Waals surface area contributed by atoms with Crippen LogP contribution in [0.15, 0.2) is 30.6 Å². The molecular weight excluding hydrogens is 300 g/mol. The van der Waals surface area contributed by atoms with E-state index in [2.05, 4.69) is 10.00 Å². The molecule has 23 heavy (non-hydrogen) atoms. The molecule has 0 saturated carbocycles. The molecule has 1 aliphatic heterocycles. The molecule has 1 aromatic heterocycles. The summed E-state index contributed by atoms with van der Waals surface area (Å²) in [4.78, 5) is 2.11. The van der Waals surface area contributed by atoms with Crippen molar-refractivity contribution in [2.75, 3.05) is 19.6 Å². The number of aromatic nitrogens is 2. The lowest BCUT2D eigenvalue weighted by atomic mass is 10.0. The number of aryl methyl sites for hydroxylation is 1. The highest BCUT2D eigenvalue weighted by Gasteiger charge is 2.26. The highest BCUT2D eigenvalue weighted by atomic mass is 19.1. The van der Waals surface area contributed by atoms with Crippen molar-refractivity contribution in [3.05, 3.63) is 53.4 Å². The van der Waals surface area contributed by atoms with Crippen LogP contribution >= 0.6 is 0 Å². The van der Waals surface area contributed by atoms with Crippen LogP contribution in [0.5, 0.6) is 0 Å². The van der Waals surface area contributed by atoms with Crippen molar-refractivity contribution < 1.29 is 13.9 Å². The van der Waals surface area contributed by atoms with Gasteiger partial charge in [-0.3, -0.25) is 4.68 Å². The summed E-state index contributed by atoms with van der Waals surface area (Å²) in [6.45, 7) is 2.03. The molecule has 0 radical (unpaired) electrons. The summed E-state index contributed by atoms with van der Waals surface area (Å²) >= 11 is 0. The Kier molecular flexibility index (Phi) is 4.73. The lowest BCUT2D eigenvalue weighted by Gasteiger charge is -2.20. The molecule has 0 bridgehead atoms. The molecule has 2 unspecified atom stereocenters.